The van der Waals surface area contributed by atoms with E-state index in [9.17, 15) is 5.11 Å². The van der Waals surface area contributed by atoms with Crippen molar-refractivity contribution in [1.29, 1.82) is 0 Å². The lowest BCUT2D eigenvalue weighted by atomic mass is 9.76. The Morgan fingerprint density at radius 3 is 2.20 bits per heavy atom. The van der Waals surface area contributed by atoms with Gasteiger partial charge in [-0.2, -0.15) is 0 Å². The van der Waals surface area contributed by atoms with Crippen LogP contribution in [0.3, 0.4) is 0 Å². The Morgan fingerprint density at radius 1 is 1.13 bits per heavy atom. The molecule has 0 fully saturated rings. The Bertz CT molecular complexity index is 289. The maximum Gasteiger partial charge on any atom is 0.115 e. The van der Waals surface area contributed by atoms with Crippen LogP contribution in [0.15, 0.2) is 24.3 Å². The molecule has 0 aliphatic heterocycles. The van der Waals surface area contributed by atoms with Gasteiger partial charge in [0, 0.05) is 0 Å². The Hall–Kier alpha value is -0.980. The number of aromatic hydroxyl groups is 1. The first-order valence-electron chi connectivity index (χ1n) is 5.92. The molecule has 1 unspecified atom stereocenters. The lowest BCUT2D eigenvalue weighted by Gasteiger charge is -2.29. The highest BCUT2D eigenvalue weighted by Gasteiger charge is 2.23. The maximum atomic E-state index is 9.27. The zero-order chi connectivity index (χ0) is 11.3. The minimum absolute atomic E-state index is 0.268. The first kappa shape index (κ1) is 12.1. The fourth-order valence-electron chi connectivity index (χ4n) is 1.96. The quantitative estimate of drug-likeness (QED) is 0.763. The van der Waals surface area contributed by atoms with Gasteiger partial charge in [-0.15, -0.1) is 0 Å². The van der Waals surface area contributed by atoms with Crippen LogP contribution in [0, 0.1) is 0 Å². The van der Waals surface area contributed by atoms with Crippen LogP contribution in [0.5, 0.6) is 5.75 Å². The minimum Gasteiger partial charge on any atom is -0.508 e. The molecule has 1 rings (SSSR count). The van der Waals surface area contributed by atoms with E-state index < -0.39 is 0 Å². The number of hydrogen-bond donors (Lipinski definition) is 1. The van der Waals surface area contributed by atoms with Gasteiger partial charge in [-0.25, -0.2) is 0 Å². The third-order valence-electron chi connectivity index (χ3n) is 3.43. The molecular weight excluding hydrogens is 184 g/mol. The van der Waals surface area contributed by atoms with Crippen LogP contribution in [-0.2, 0) is 5.41 Å². The summed E-state index contributed by atoms with van der Waals surface area (Å²) in [5, 5.41) is 9.27. The van der Waals surface area contributed by atoms with Crippen molar-refractivity contribution in [3.8, 4) is 5.75 Å². The smallest absolute Gasteiger partial charge is 0.115 e. The molecule has 1 aromatic carbocycles. The van der Waals surface area contributed by atoms with Gasteiger partial charge in [-0.3, -0.25) is 0 Å². The number of hydrogen-bond acceptors (Lipinski definition) is 1. The van der Waals surface area contributed by atoms with E-state index in [0.717, 1.165) is 6.42 Å². The molecule has 0 aromatic heterocycles. The molecule has 1 atom stereocenters. The molecular formula is C14H22O. The fraction of sp³-hybridized carbons (Fsp3) is 0.571. The van der Waals surface area contributed by atoms with Crippen LogP contribution in [-0.4, -0.2) is 5.11 Å². The van der Waals surface area contributed by atoms with E-state index in [1.165, 1.54) is 24.8 Å². The number of phenolic OH excluding ortho intramolecular Hbond substituents is 1. The molecule has 0 radical (unpaired) electrons. The van der Waals surface area contributed by atoms with Gasteiger partial charge in [0.15, 0.2) is 0 Å². The molecule has 0 aliphatic rings. The van der Waals surface area contributed by atoms with Crippen molar-refractivity contribution < 1.29 is 5.11 Å². The zero-order valence-electron chi connectivity index (χ0n) is 10.1. The summed E-state index contributed by atoms with van der Waals surface area (Å²) in [5.74, 6) is 0.354. The molecule has 1 N–H and O–H groups in total. The van der Waals surface area contributed by atoms with Crippen molar-refractivity contribution in [1.82, 2.24) is 0 Å². The highest BCUT2D eigenvalue weighted by atomic mass is 16.3. The summed E-state index contributed by atoms with van der Waals surface area (Å²) in [6.07, 6.45) is 4.89. The molecule has 0 amide bonds. The van der Waals surface area contributed by atoms with E-state index in [0.29, 0.717) is 5.75 Å². The lowest BCUT2D eigenvalue weighted by Crippen LogP contribution is -2.20. The summed E-state index contributed by atoms with van der Waals surface area (Å²) >= 11 is 0. The molecule has 0 aliphatic carbocycles. The molecule has 0 saturated carbocycles. The summed E-state index contributed by atoms with van der Waals surface area (Å²) in [6.45, 7) is 6.78. The number of phenols is 1. The number of unbranched alkanes of at least 4 members (excludes halogenated alkanes) is 1. The van der Waals surface area contributed by atoms with Gasteiger partial charge >= 0.3 is 0 Å². The number of rotatable bonds is 5. The standard InChI is InChI=1S/C14H22O/c1-4-6-11-14(3,5-2)12-7-9-13(15)10-8-12/h7-10,15H,4-6,11H2,1-3H3. The highest BCUT2D eigenvalue weighted by molar-refractivity contribution is 5.31. The Balaban J connectivity index is 2.85. The van der Waals surface area contributed by atoms with Crippen LogP contribution >= 0.6 is 0 Å². The molecule has 84 valence electrons. The Labute approximate surface area is 93.1 Å². The van der Waals surface area contributed by atoms with Gasteiger partial charge in [0.1, 0.15) is 5.75 Å². The monoisotopic (exact) mass is 206 g/mol. The van der Waals surface area contributed by atoms with Crippen LogP contribution in [0.2, 0.25) is 0 Å². The maximum absolute atomic E-state index is 9.27. The molecule has 1 nitrogen and oxygen atoms in total. The van der Waals surface area contributed by atoms with Crippen LogP contribution in [0.4, 0.5) is 0 Å². The molecule has 1 aromatic rings. The van der Waals surface area contributed by atoms with Crippen molar-refractivity contribution in [3.63, 3.8) is 0 Å². The van der Waals surface area contributed by atoms with Gasteiger partial charge in [-0.1, -0.05) is 45.7 Å². The Kier molecular flexibility index (Phi) is 4.19. The topological polar surface area (TPSA) is 20.2 Å². The van der Waals surface area contributed by atoms with Crippen LogP contribution in [0.25, 0.3) is 0 Å². The molecule has 1 heteroatoms. The highest BCUT2D eigenvalue weighted by Crippen LogP contribution is 2.33. The van der Waals surface area contributed by atoms with E-state index in [1.807, 2.05) is 0 Å². The first-order valence-corrected chi connectivity index (χ1v) is 5.92. The normalized spacial score (nSPS) is 14.9. The lowest BCUT2D eigenvalue weighted by molar-refractivity contribution is 0.402. The molecule has 0 spiro atoms. The second kappa shape index (κ2) is 5.20. The zero-order valence-corrected chi connectivity index (χ0v) is 10.1. The molecule has 15 heavy (non-hydrogen) atoms. The van der Waals surface area contributed by atoms with Gasteiger partial charge in [0.25, 0.3) is 0 Å². The average molecular weight is 206 g/mol. The largest absolute Gasteiger partial charge is 0.508 e. The van der Waals surface area contributed by atoms with Crippen LogP contribution in [0.1, 0.15) is 52.0 Å². The predicted molar refractivity (Wildman–Crippen MR) is 65.3 cm³/mol. The molecule has 0 bridgehead atoms. The summed E-state index contributed by atoms with van der Waals surface area (Å²) in [7, 11) is 0. The fourth-order valence-corrected chi connectivity index (χ4v) is 1.96. The summed E-state index contributed by atoms with van der Waals surface area (Å²) < 4.78 is 0. The van der Waals surface area contributed by atoms with Crippen molar-refractivity contribution in [2.24, 2.45) is 0 Å². The van der Waals surface area contributed by atoms with Crippen LogP contribution < -0.4 is 0 Å². The second-order valence-corrected chi connectivity index (χ2v) is 4.56. The third-order valence-corrected chi connectivity index (χ3v) is 3.43. The van der Waals surface area contributed by atoms with Gasteiger partial charge in [-0.05, 0) is 36.0 Å². The average Bonchev–Trinajstić information content (AvgIpc) is 2.27. The van der Waals surface area contributed by atoms with Crippen molar-refractivity contribution >= 4 is 0 Å². The third kappa shape index (κ3) is 2.98. The SMILES string of the molecule is CCCCC(C)(CC)c1ccc(O)cc1. The van der Waals surface area contributed by atoms with Crippen molar-refractivity contribution in [2.45, 2.75) is 51.9 Å². The minimum atomic E-state index is 0.268. The van der Waals surface area contributed by atoms with E-state index in [1.54, 1.807) is 12.1 Å². The summed E-state index contributed by atoms with van der Waals surface area (Å²) in [4.78, 5) is 0. The van der Waals surface area contributed by atoms with E-state index in [-0.39, 0.29) is 5.41 Å². The second-order valence-electron chi connectivity index (χ2n) is 4.56. The van der Waals surface area contributed by atoms with Crippen molar-refractivity contribution in [3.05, 3.63) is 29.8 Å². The summed E-state index contributed by atoms with van der Waals surface area (Å²) in [5.41, 5.74) is 1.61. The molecule has 0 saturated heterocycles. The predicted octanol–water partition coefficient (Wildman–Crippen LogP) is 4.25. The van der Waals surface area contributed by atoms with Gasteiger partial charge in [0.2, 0.25) is 0 Å². The summed E-state index contributed by atoms with van der Waals surface area (Å²) in [6, 6.07) is 7.67. The van der Waals surface area contributed by atoms with E-state index in [4.69, 9.17) is 0 Å². The number of benzene rings is 1. The first-order chi connectivity index (χ1) is 7.12. The van der Waals surface area contributed by atoms with Gasteiger partial charge < -0.3 is 5.11 Å². The van der Waals surface area contributed by atoms with E-state index in [2.05, 4.69) is 32.9 Å². The van der Waals surface area contributed by atoms with Crippen molar-refractivity contribution in [2.75, 3.05) is 0 Å². The Morgan fingerprint density at radius 2 is 1.73 bits per heavy atom. The van der Waals surface area contributed by atoms with E-state index >= 15 is 0 Å². The molecule has 0 heterocycles. The van der Waals surface area contributed by atoms with Gasteiger partial charge in [0.05, 0.1) is 0 Å².